The van der Waals surface area contributed by atoms with Gasteiger partial charge in [-0.3, -0.25) is 4.57 Å². The highest BCUT2D eigenvalue weighted by Crippen LogP contribution is 2.43. The quantitative estimate of drug-likeness (QED) is 0.799. The van der Waals surface area contributed by atoms with Gasteiger partial charge < -0.3 is 0 Å². The first-order valence-corrected chi connectivity index (χ1v) is 6.80. The van der Waals surface area contributed by atoms with Crippen molar-refractivity contribution in [2.24, 2.45) is 5.41 Å². The Morgan fingerprint density at radius 3 is 2.62 bits per heavy atom. The zero-order valence-electron chi connectivity index (χ0n) is 9.79. The maximum absolute atomic E-state index is 11.8. The molecule has 0 unspecified atom stereocenters. The van der Waals surface area contributed by atoms with Gasteiger partial charge >= 0.3 is 5.69 Å². The standard InChI is InChI=1S/C12H17BrN2O/c1-9-6-10(2)15(11(16)14-9)8-12(7-13)4-3-5-12/h6H,3-5,7-8H2,1-2H3. The molecule has 1 saturated carbocycles. The lowest BCUT2D eigenvalue weighted by Crippen LogP contribution is -2.40. The van der Waals surface area contributed by atoms with E-state index in [0.29, 0.717) is 0 Å². The van der Waals surface area contributed by atoms with E-state index in [2.05, 4.69) is 20.9 Å². The van der Waals surface area contributed by atoms with Crippen LogP contribution in [0.25, 0.3) is 0 Å². The maximum atomic E-state index is 11.8. The second-order valence-electron chi connectivity index (χ2n) is 4.89. The summed E-state index contributed by atoms with van der Waals surface area (Å²) in [5, 5.41) is 0.972. The predicted octanol–water partition coefficient (Wildman–Crippen LogP) is 2.43. The molecular weight excluding hydrogens is 268 g/mol. The maximum Gasteiger partial charge on any atom is 0.347 e. The van der Waals surface area contributed by atoms with E-state index >= 15 is 0 Å². The fourth-order valence-corrected chi connectivity index (χ4v) is 3.05. The Balaban J connectivity index is 2.31. The Kier molecular flexibility index (Phi) is 3.19. The molecule has 88 valence electrons. The number of aryl methyl sites for hydroxylation is 2. The van der Waals surface area contributed by atoms with E-state index in [0.717, 1.165) is 23.3 Å². The fourth-order valence-electron chi connectivity index (χ4n) is 2.31. The number of rotatable bonds is 3. The van der Waals surface area contributed by atoms with Crippen LogP contribution in [0.3, 0.4) is 0 Å². The largest absolute Gasteiger partial charge is 0.347 e. The van der Waals surface area contributed by atoms with Crippen LogP contribution in [0.5, 0.6) is 0 Å². The normalized spacial score (nSPS) is 18.2. The fraction of sp³-hybridized carbons (Fsp3) is 0.667. The van der Waals surface area contributed by atoms with Gasteiger partial charge in [-0.2, -0.15) is 4.98 Å². The highest BCUT2D eigenvalue weighted by atomic mass is 79.9. The summed E-state index contributed by atoms with van der Waals surface area (Å²) in [4.78, 5) is 15.8. The van der Waals surface area contributed by atoms with Gasteiger partial charge in [0, 0.05) is 23.3 Å². The molecule has 0 aliphatic heterocycles. The van der Waals surface area contributed by atoms with Crippen molar-refractivity contribution in [3.63, 3.8) is 0 Å². The molecule has 1 heterocycles. The minimum Gasteiger partial charge on any atom is -0.296 e. The van der Waals surface area contributed by atoms with Crippen molar-refractivity contribution in [2.45, 2.75) is 39.7 Å². The van der Waals surface area contributed by atoms with Crippen molar-refractivity contribution in [3.8, 4) is 0 Å². The molecule has 0 saturated heterocycles. The molecule has 0 spiro atoms. The van der Waals surface area contributed by atoms with Crippen LogP contribution in [-0.4, -0.2) is 14.9 Å². The lowest BCUT2D eigenvalue weighted by molar-refractivity contribution is 0.136. The molecule has 1 aromatic heterocycles. The predicted molar refractivity (Wildman–Crippen MR) is 68.0 cm³/mol. The Hall–Kier alpha value is -0.640. The minimum atomic E-state index is -0.107. The highest BCUT2D eigenvalue weighted by molar-refractivity contribution is 9.09. The molecule has 0 amide bonds. The second kappa shape index (κ2) is 4.32. The summed E-state index contributed by atoms with van der Waals surface area (Å²) in [6.07, 6.45) is 3.69. The first-order valence-electron chi connectivity index (χ1n) is 5.67. The van der Waals surface area contributed by atoms with Gasteiger partial charge in [-0.25, -0.2) is 4.79 Å². The molecule has 1 aliphatic carbocycles. The number of hydrogen-bond donors (Lipinski definition) is 0. The molecule has 0 radical (unpaired) electrons. The monoisotopic (exact) mass is 284 g/mol. The van der Waals surface area contributed by atoms with E-state index in [9.17, 15) is 4.79 Å². The summed E-state index contributed by atoms with van der Waals surface area (Å²) >= 11 is 3.57. The van der Waals surface area contributed by atoms with Crippen LogP contribution in [0.2, 0.25) is 0 Å². The highest BCUT2D eigenvalue weighted by Gasteiger charge is 2.36. The number of halogens is 1. The van der Waals surface area contributed by atoms with Gasteiger partial charge in [0.15, 0.2) is 0 Å². The minimum absolute atomic E-state index is 0.107. The zero-order chi connectivity index (χ0) is 11.8. The molecule has 1 aromatic rings. The van der Waals surface area contributed by atoms with Crippen LogP contribution in [0.4, 0.5) is 0 Å². The molecule has 0 atom stereocenters. The summed E-state index contributed by atoms with van der Waals surface area (Å²) < 4.78 is 1.81. The van der Waals surface area contributed by atoms with E-state index in [4.69, 9.17) is 0 Å². The van der Waals surface area contributed by atoms with Crippen LogP contribution in [-0.2, 0) is 6.54 Å². The van der Waals surface area contributed by atoms with Crippen LogP contribution >= 0.6 is 15.9 Å². The molecule has 1 aliphatic rings. The average molecular weight is 285 g/mol. The first-order chi connectivity index (χ1) is 7.56. The lowest BCUT2D eigenvalue weighted by atomic mass is 9.70. The van der Waals surface area contributed by atoms with E-state index in [1.165, 1.54) is 19.3 Å². The van der Waals surface area contributed by atoms with Crippen molar-refractivity contribution in [1.82, 2.24) is 9.55 Å². The van der Waals surface area contributed by atoms with E-state index in [-0.39, 0.29) is 11.1 Å². The molecule has 1 fully saturated rings. The molecular formula is C12H17BrN2O. The Bertz CT molecular complexity index is 443. The van der Waals surface area contributed by atoms with Gasteiger partial charge in [-0.15, -0.1) is 0 Å². The van der Waals surface area contributed by atoms with E-state index < -0.39 is 0 Å². The van der Waals surface area contributed by atoms with Crippen LogP contribution in [0.1, 0.15) is 30.7 Å². The van der Waals surface area contributed by atoms with Gasteiger partial charge in [0.1, 0.15) is 0 Å². The van der Waals surface area contributed by atoms with Crippen LogP contribution < -0.4 is 5.69 Å². The van der Waals surface area contributed by atoms with E-state index in [1.54, 1.807) is 0 Å². The molecule has 0 aromatic carbocycles. The summed E-state index contributed by atoms with van der Waals surface area (Å²) in [6, 6.07) is 1.97. The molecule has 3 nitrogen and oxygen atoms in total. The number of aromatic nitrogens is 2. The van der Waals surface area contributed by atoms with E-state index in [1.807, 2.05) is 24.5 Å². The molecule has 16 heavy (non-hydrogen) atoms. The summed E-state index contributed by atoms with van der Waals surface area (Å²) in [5.74, 6) is 0. The topological polar surface area (TPSA) is 34.9 Å². The van der Waals surface area contributed by atoms with Crippen molar-refractivity contribution < 1.29 is 0 Å². The number of alkyl halides is 1. The van der Waals surface area contributed by atoms with Gasteiger partial charge in [0.25, 0.3) is 0 Å². The summed E-state index contributed by atoms with van der Waals surface area (Å²) in [6.45, 7) is 4.65. The van der Waals surface area contributed by atoms with Crippen LogP contribution in [0, 0.1) is 19.3 Å². The third-order valence-electron chi connectivity index (χ3n) is 3.54. The third-order valence-corrected chi connectivity index (χ3v) is 4.73. The van der Waals surface area contributed by atoms with Crippen molar-refractivity contribution >= 4 is 15.9 Å². The summed E-state index contributed by atoms with van der Waals surface area (Å²) in [7, 11) is 0. The Morgan fingerprint density at radius 2 is 2.19 bits per heavy atom. The zero-order valence-corrected chi connectivity index (χ0v) is 11.4. The Labute approximate surface area is 104 Å². The average Bonchev–Trinajstić information content (AvgIpc) is 2.14. The van der Waals surface area contributed by atoms with Crippen LogP contribution in [0.15, 0.2) is 10.9 Å². The number of hydrogen-bond acceptors (Lipinski definition) is 2. The smallest absolute Gasteiger partial charge is 0.296 e. The van der Waals surface area contributed by atoms with Crippen molar-refractivity contribution in [2.75, 3.05) is 5.33 Å². The second-order valence-corrected chi connectivity index (χ2v) is 5.46. The van der Waals surface area contributed by atoms with Gasteiger partial charge in [-0.1, -0.05) is 22.4 Å². The summed E-state index contributed by atoms with van der Waals surface area (Å²) in [5.41, 5.74) is 2.00. The molecule has 0 bridgehead atoms. The van der Waals surface area contributed by atoms with Gasteiger partial charge in [-0.05, 0) is 38.2 Å². The molecule has 4 heteroatoms. The molecule has 2 rings (SSSR count). The van der Waals surface area contributed by atoms with Crippen molar-refractivity contribution in [3.05, 3.63) is 27.9 Å². The SMILES string of the molecule is Cc1cc(C)n(CC2(CBr)CCC2)c(=O)n1. The van der Waals surface area contributed by atoms with Gasteiger partial charge in [0.2, 0.25) is 0 Å². The lowest BCUT2D eigenvalue weighted by Gasteiger charge is -2.41. The molecule has 0 N–H and O–H groups in total. The number of nitrogens with zero attached hydrogens (tertiary/aromatic N) is 2. The Morgan fingerprint density at radius 1 is 1.50 bits per heavy atom. The van der Waals surface area contributed by atoms with Gasteiger partial charge in [0.05, 0.1) is 0 Å². The first kappa shape index (κ1) is 11.8. The van der Waals surface area contributed by atoms with Crippen molar-refractivity contribution in [1.29, 1.82) is 0 Å². The third kappa shape index (κ3) is 2.08.